The summed E-state index contributed by atoms with van der Waals surface area (Å²) in [7, 11) is 0. The Morgan fingerprint density at radius 3 is 0.966 bits per heavy atom. The normalized spacial score (nSPS) is 44.5. The first kappa shape index (κ1) is 23.1. The van der Waals surface area contributed by atoms with E-state index in [-0.39, 0.29) is 0 Å². The molecule has 4 rings (SSSR count). The molecule has 0 aromatic heterocycles. The van der Waals surface area contributed by atoms with Crippen LogP contribution in [0, 0.1) is 41.4 Å². The summed E-state index contributed by atoms with van der Waals surface area (Å²) in [5.41, 5.74) is 0. The molecule has 4 aliphatic carbocycles. The van der Waals surface area contributed by atoms with Crippen LogP contribution in [-0.4, -0.2) is 25.8 Å². The van der Waals surface area contributed by atoms with Gasteiger partial charge in [0.25, 0.3) is 0 Å². The topological polar surface area (TPSA) is 0 Å². The minimum Gasteiger partial charge on any atom is -0.0504 e. The predicted molar refractivity (Wildman–Crippen MR) is 129 cm³/mol. The maximum absolute atomic E-state index is 2.47. The molecule has 0 bridgehead atoms. The van der Waals surface area contributed by atoms with E-state index in [0.717, 1.165) is 41.4 Å². The Labute approximate surface area is 198 Å². The third-order valence-corrected chi connectivity index (χ3v) is 12.6. The molecule has 0 aromatic rings. The maximum atomic E-state index is 2.47. The molecule has 0 unspecified atom stereocenters. The van der Waals surface area contributed by atoms with Crippen molar-refractivity contribution in [3.8, 4) is 0 Å². The first-order valence-corrected chi connectivity index (χ1v) is 16.5. The van der Waals surface area contributed by atoms with Crippen LogP contribution in [0.3, 0.4) is 0 Å². The van der Waals surface area contributed by atoms with Crippen LogP contribution < -0.4 is 0 Å². The summed E-state index contributed by atoms with van der Waals surface area (Å²) in [5.74, 6) is 7.65. The minimum atomic E-state index is 1.02. The van der Waals surface area contributed by atoms with Gasteiger partial charge in [0.05, 0.1) is 0 Å². The molecular formula is C28H50Pb. The molecule has 1 heteroatoms. The molecule has 0 spiro atoms. The summed E-state index contributed by atoms with van der Waals surface area (Å²) >= 11 is 1.25. The fourth-order valence-corrected chi connectivity index (χ4v) is 9.31. The zero-order chi connectivity index (χ0) is 20.1. The zero-order valence-electron chi connectivity index (χ0n) is 19.6. The summed E-state index contributed by atoms with van der Waals surface area (Å²) in [6.07, 6.45) is 30.0. The Morgan fingerprint density at radius 1 is 0.414 bits per heavy atom. The van der Waals surface area contributed by atoms with Gasteiger partial charge in [-0.05, 0) is 24.2 Å². The Kier molecular flexibility index (Phi) is 9.31. The van der Waals surface area contributed by atoms with E-state index in [2.05, 4.69) is 6.92 Å². The Hall–Kier alpha value is 0.922. The first-order chi connectivity index (χ1) is 14.1. The van der Waals surface area contributed by atoms with Gasteiger partial charge in [-0.2, -0.15) is 0 Å². The standard InChI is InChI=1S/C28H49.Pb.H/c1-22-7-9-24(10-8-22)20-26-15-17-28(18-16-26)21-27-13-11-25(12-14-27)19-23-5-3-2-4-6-23;;/h2,22-28H,3-21H2,1H3;;. The van der Waals surface area contributed by atoms with Crippen LogP contribution in [0.2, 0.25) is 3.48 Å². The van der Waals surface area contributed by atoms with Gasteiger partial charge in [-0.3, -0.25) is 0 Å². The molecular weight excluding hydrogens is 544 g/mol. The van der Waals surface area contributed by atoms with Crippen LogP contribution in [0.5, 0.6) is 0 Å². The van der Waals surface area contributed by atoms with E-state index in [9.17, 15) is 0 Å². The molecule has 166 valence electrons. The third-order valence-electron chi connectivity index (χ3n) is 9.96. The van der Waals surface area contributed by atoms with E-state index in [1.54, 1.807) is 109 Å². The fraction of sp³-hybridized carbons (Fsp3) is 1.00. The van der Waals surface area contributed by atoms with Gasteiger partial charge < -0.3 is 0 Å². The molecule has 0 heterocycles. The third kappa shape index (κ3) is 7.48. The van der Waals surface area contributed by atoms with Crippen molar-refractivity contribution in [1.82, 2.24) is 0 Å². The average molecular weight is 594 g/mol. The van der Waals surface area contributed by atoms with Crippen molar-refractivity contribution in [2.45, 2.75) is 132 Å². The van der Waals surface area contributed by atoms with E-state index in [1.807, 2.05) is 0 Å². The summed E-state index contributed by atoms with van der Waals surface area (Å²) in [5, 5.41) is 0. The van der Waals surface area contributed by atoms with Crippen LogP contribution >= 0.6 is 0 Å². The van der Waals surface area contributed by atoms with Gasteiger partial charge >= 0.3 is 130 Å². The Bertz CT molecular complexity index is 399. The predicted octanol–water partition coefficient (Wildman–Crippen LogP) is 8.48. The minimum absolute atomic E-state index is 1.02. The second-order valence-corrected chi connectivity index (χ2v) is 16.1. The number of hydrogen-bond donors (Lipinski definition) is 0. The van der Waals surface area contributed by atoms with Crippen LogP contribution in [-0.2, 0) is 0 Å². The van der Waals surface area contributed by atoms with Crippen molar-refractivity contribution in [3.05, 3.63) is 0 Å². The summed E-state index contributed by atoms with van der Waals surface area (Å²) < 4.78 is 1.18. The molecule has 4 saturated carbocycles. The average Bonchev–Trinajstić information content (AvgIpc) is 2.74. The summed E-state index contributed by atoms with van der Waals surface area (Å²) in [4.78, 5) is 0. The van der Waals surface area contributed by atoms with Crippen LogP contribution in [0.25, 0.3) is 0 Å². The van der Waals surface area contributed by atoms with Gasteiger partial charge in [0.15, 0.2) is 0 Å². The van der Waals surface area contributed by atoms with Crippen LogP contribution in [0.15, 0.2) is 0 Å². The SMILES string of the molecule is CC1CCC(CC2CCC(CC3CCC(CC4CC[CH]([PbH])CC4)CC3)CC2)CC1. The summed E-state index contributed by atoms with van der Waals surface area (Å²) in [6.45, 7) is 2.47. The zero-order valence-corrected chi connectivity index (χ0v) is 24.1. The van der Waals surface area contributed by atoms with Crippen molar-refractivity contribution in [2.75, 3.05) is 0 Å². The molecule has 0 atom stereocenters. The van der Waals surface area contributed by atoms with Crippen LogP contribution in [0.1, 0.15) is 129 Å². The van der Waals surface area contributed by atoms with Crippen LogP contribution in [0.4, 0.5) is 0 Å². The first-order valence-electron chi connectivity index (χ1n) is 13.9. The van der Waals surface area contributed by atoms with Crippen molar-refractivity contribution in [2.24, 2.45) is 41.4 Å². The monoisotopic (exact) mass is 594 g/mol. The van der Waals surface area contributed by atoms with E-state index < -0.39 is 0 Å². The van der Waals surface area contributed by atoms with E-state index in [0.29, 0.717) is 0 Å². The van der Waals surface area contributed by atoms with Gasteiger partial charge in [0, 0.05) is 0 Å². The second-order valence-electron chi connectivity index (χ2n) is 12.4. The van der Waals surface area contributed by atoms with Gasteiger partial charge in [-0.25, -0.2) is 0 Å². The van der Waals surface area contributed by atoms with Crippen molar-refractivity contribution >= 4 is 25.8 Å². The molecule has 0 aliphatic heterocycles. The fourth-order valence-electron chi connectivity index (χ4n) is 7.81. The smallest absolute Gasteiger partial charge is 0.0504 e. The van der Waals surface area contributed by atoms with Gasteiger partial charge in [-0.15, -0.1) is 0 Å². The number of rotatable bonds is 6. The van der Waals surface area contributed by atoms with Crippen molar-refractivity contribution in [1.29, 1.82) is 0 Å². The molecule has 4 aliphatic rings. The molecule has 29 heavy (non-hydrogen) atoms. The molecule has 2 radical (unpaired) electrons. The van der Waals surface area contributed by atoms with Gasteiger partial charge in [0.1, 0.15) is 0 Å². The quantitative estimate of drug-likeness (QED) is 0.271. The Morgan fingerprint density at radius 2 is 0.655 bits per heavy atom. The molecule has 0 N–H and O–H groups in total. The van der Waals surface area contributed by atoms with E-state index in [4.69, 9.17) is 0 Å². The van der Waals surface area contributed by atoms with E-state index in [1.165, 1.54) is 42.1 Å². The second kappa shape index (κ2) is 11.7. The summed E-state index contributed by atoms with van der Waals surface area (Å²) in [6, 6.07) is 0. The van der Waals surface area contributed by atoms with E-state index >= 15 is 0 Å². The van der Waals surface area contributed by atoms with Crippen molar-refractivity contribution in [3.63, 3.8) is 0 Å². The molecule has 4 fully saturated rings. The molecule has 0 saturated heterocycles. The van der Waals surface area contributed by atoms with Gasteiger partial charge in [0.2, 0.25) is 0 Å². The van der Waals surface area contributed by atoms with Crippen molar-refractivity contribution < 1.29 is 0 Å². The Balaban J connectivity index is 1.08. The molecule has 0 nitrogen and oxygen atoms in total. The molecule has 0 aromatic carbocycles. The van der Waals surface area contributed by atoms with Gasteiger partial charge in [-0.1, -0.05) is 45.4 Å². The molecule has 0 amide bonds. The number of hydrogen-bond acceptors (Lipinski definition) is 0.